The number of carbonyl (C=O) groups is 1. The van der Waals surface area contributed by atoms with Crippen molar-refractivity contribution in [2.24, 2.45) is 0 Å². The molecule has 0 spiro atoms. The fourth-order valence-electron chi connectivity index (χ4n) is 2.53. The standard InChI is InChI=1S/C13H21N3O2/c1-2-18-13(17)11-9-15-16(12(11)14)10-7-5-3-4-6-8-10/h9-10H,2-8,14H2,1H3. The van der Waals surface area contributed by atoms with E-state index < -0.39 is 0 Å². The molecule has 5 nitrogen and oxygen atoms in total. The first-order chi connectivity index (χ1) is 8.74. The maximum Gasteiger partial charge on any atom is 0.343 e. The van der Waals surface area contributed by atoms with Crippen LogP contribution in [-0.4, -0.2) is 22.4 Å². The van der Waals surface area contributed by atoms with E-state index in [2.05, 4.69) is 5.10 Å². The Labute approximate surface area is 107 Å². The number of esters is 1. The van der Waals surface area contributed by atoms with Crippen LogP contribution in [0, 0.1) is 0 Å². The number of rotatable bonds is 3. The predicted octanol–water partition coefficient (Wildman–Crippen LogP) is 2.54. The van der Waals surface area contributed by atoms with Gasteiger partial charge in [-0.15, -0.1) is 0 Å². The highest BCUT2D eigenvalue weighted by molar-refractivity contribution is 5.93. The van der Waals surface area contributed by atoms with Crippen molar-refractivity contribution in [3.8, 4) is 0 Å². The van der Waals surface area contributed by atoms with E-state index in [1.54, 1.807) is 11.6 Å². The van der Waals surface area contributed by atoms with Crippen LogP contribution in [0.4, 0.5) is 5.82 Å². The van der Waals surface area contributed by atoms with Gasteiger partial charge in [0.2, 0.25) is 0 Å². The Morgan fingerprint density at radius 1 is 1.44 bits per heavy atom. The number of nitrogens with two attached hydrogens (primary N) is 1. The largest absolute Gasteiger partial charge is 0.462 e. The first-order valence-electron chi connectivity index (χ1n) is 6.74. The normalized spacial score (nSPS) is 17.4. The lowest BCUT2D eigenvalue weighted by Gasteiger charge is -2.16. The van der Waals surface area contributed by atoms with Crippen LogP contribution in [0.2, 0.25) is 0 Å². The average molecular weight is 251 g/mol. The molecule has 2 N–H and O–H groups in total. The molecule has 0 radical (unpaired) electrons. The summed E-state index contributed by atoms with van der Waals surface area (Å²) in [4.78, 5) is 11.7. The monoisotopic (exact) mass is 251 g/mol. The number of nitrogens with zero attached hydrogens (tertiary/aromatic N) is 2. The smallest absolute Gasteiger partial charge is 0.343 e. The molecule has 100 valence electrons. The second-order valence-electron chi connectivity index (χ2n) is 4.75. The summed E-state index contributed by atoms with van der Waals surface area (Å²) in [6.07, 6.45) is 8.68. The molecule has 1 saturated carbocycles. The van der Waals surface area contributed by atoms with Gasteiger partial charge in [-0.1, -0.05) is 25.7 Å². The Morgan fingerprint density at radius 2 is 2.11 bits per heavy atom. The summed E-state index contributed by atoms with van der Waals surface area (Å²) in [5.74, 6) is 0.0650. The molecule has 1 heterocycles. The SMILES string of the molecule is CCOC(=O)c1cnn(C2CCCCCC2)c1N. The van der Waals surface area contributed by atoms with Crippen LogP contribution in [0.3, 0.4) is 0 Å². The van der Waals surface area contributed by atoms with E-state index in [-0.39, 0.29) is 5.97 Å². The summed E-state index contributed by atoms with van der Waals surface area (Å²) < 4.78 is 6.76. The molecule has 1 aliphatic rings. The molecule has 2 rings (SSSR count). The predicted molar refractivity (Wildman–Crippen MR) is 69.3 cm³/mol. The summed E-state index contributed by atoms with van der Waals surface area (Å²) >= 11 is 0. The summed E-state index contributed by atoms with van der Waals surface area (Å²) in [6, 6.07) is 0.329. The topological polar surface area (TPSA) is 70.1 Å². The molecular weight excluding hydrogens is 230 g/mol. The number of ether oxygens (including phenoxy) is 1. The third kappa shape index (κ3) is 2.66. The zero-order chi connectivity index (χ0) is 13.0. The van der Waals surface area contributed by atoms with Gasteiger partial charge in [0.25, 0.3) is 0 Å². The minimum absolute atomic E-state index is 0.329. The molecule has 5 heteroatoms. The van der Waals surface area contributed by atoms with Crippen molar-refractivity contribution in [1.82, 2.24) is 9.78 Å². The van der Waals surface area contributed by atoms with Gasteiger partial charge in [0.1, 0.15) is 11.4 Å². The van der Waals surface area contributed by atoms with Crippen molar-refractivity contribution in [2.75, 3.05) is 12.3 Å². The van der Waals surface area contributed by atoms with Crippen LogP contribution in [0.5, 0.6) is 0 Å². The first kappa shape index (κ1) is 12.9. The van der Waals surface area contributed by atoms with Crippen molar-refractivity contribution < 1.29 is 9.53 Å². The van der Waals surface area contributed by atoms with Crippen molar-refractivity contribution in [3.63, 3.8) is 0 Å². The van der Waals surface area contributed by atoms with Gasteiger partial charge < -0.3 is 10.5 Å². The van der Waals surface area contributed by atoms with Gasteiger partial charge in [0, 0.05) is 0 Å². The van der Waals surface area contributed by atoms with Crippen LogP contribution in [-0.2, 0) is 4.74 Å². The number of hydrogen-bond acceptors (Lipinski definition) is 4. The van der Waals surface area contributed by atoms with E-state index in [9.17, 15) is 4.79 Å². The Bertz CT molecular complexity index is 406. The molecular formula is C13H21N3O2. The minimum Gasteiger partial charge on any atom is -0.462 e. The molecule has 1 aromatic rings. The number of hydrogen-bond donors (Lipinski definition) is 1. The van der Waals surface area contributed by atoms with Crippen LogP contribution in [0.25, 0.3) is 0 Å². The lowest BCUT2D eigenvalue weighted by molar-refractivity contribution is 0.0527. The first-order valence-corrected chi connectivity index (χ1v) is 6.74. The van der Waals surface area contributed by atoms with Crippen molar-refractivity contribution in [3.05, 3.63) is 11.8 Å². The minimum atomic E-state index is -0.380. The zero-order valence-electron chi connectivity index (χ0n) is 10.9. The maximum absolute atomic E-state index is 11.7. The molecule has 1 fully saturated rings. The van der Waals surface area contributed by atoms with Gasteiger partial charge in [-0.05, 0) is 19.8 Å². The van der Waals surface area contributed by atoms with Crippen molar-refractivity contribution in [2.45, 2.75) is 51.5 Å². The number of aromatic nitrogens is 2. The van der Waals surface area contributed by atoms with Crippen molar-refractivity contribution >= 4 is 11.8 Å². The van der Waals surface area contributed by atoms with E-state index in [1.165, 1.54) is 31.9 Å². The Hall–Kier alpha value is -1.52. The Morgan fingerprint density at radius 3 is 2.72 bits per heavy atom. The van der Waals surface area contributed by atoms with Crippen LogP contribution in [0.1, 0.15) is 61.8 Å². The third-order valence-corrected chi connectivity index (χ3v) is 3.50. The van der Waals surface area contributed by atoms with Gasteiger partial charge in [-0.25, -0.2) is 9.48 Å². The van der Waals surface area contributed by atoms with Gasteiger partial charge >= 0.3 is 5.97 Å². The summed E-state index contributed by atoms with van der Waals surface area (Å²) in [5, 5.41) is 4.28. The summed E-state index contributed by atoms with van der Waals surface area (Å²) in [6.45, 7) is 2.14. The number of anilines is 1. The highest BCUT2D eigenvalue weighted by atomic mass is 16.5. The number of carbonyl (C=O) groups excluding carboxylic acids is 1. The van der Waals surface area contributed by atoms with Gasteiger partial charge in [0.15, 0.2) is 0 Å². The van der Waals surface area contributed by atoms with Crippen LogP contribution >= 0.6 is 0 Å². The zero-order valence-corrected chi connectivity index (χ0v) is 10.9. The maximum atomic E-state index is 11.7. The molecule has 1 aliphatic carbocycles. The molecule has 0 bridgehead atoms. The highest BCUT2D eigenvalue weighted by Crippen LogP contribution is 2.29. The van der Waals surface area contributed by atoms with E-state index in [1.807, 2.05) is 0 Å². The molecule has 0 unspecified atom stereocenters. The molecule has 0 aromatic carbocycles. The van der Waals surface area contributed by atoms with Crippen LogP contribution in [0.15, 0.2) is 6.20 Å². The van der Waals surface area contributed by atoms with Gasteiger partial charge in [0.05, 0.1) is 18.8 Å². The van der Waals surface area contributed by atoms with E-state index >= 15 is 0 Å². The molecule has 18 heavy (non-hydrogen) atoms. The van der Waals surface area contributed by atoms with Gasteiger partial charge in [-0.3, -0.25) is 0 Å². The molecule has 0 atom stereocenters. The quantitative estimate of drug-likeness (QED) is 0.662. The van der Waals surface area contributed by atoms with Crippen molar-refractivity contribution in [1.29, 1.82) is 0 Å². The highest BCUT2D eigenvalue weighted by Gasteiger charge is 2.22. The Balaban J connectivity index is 2.16. The molecule has 0 amide bonds. The lowest BCUT2D eigenvalue weighted by Crippen LogP contribution is -2.14. The second-order valence-corrected chi connectivity index (χ2v) is 4.75. The Kier molecular flexibility index (Phi) is 4.23. The third-order valence-electron chi connectivity index (χ3n) is 3.50. The second kappa shape index (κ2) is 5.89. The molecule has 0 saturated heterocycles. The summed E-state index contributed by atoms with van der Waals surface area (Å²) in [5.41, 5.74) is 6.41. The van der Waals surface area contributed by atoms with E-state index in [4.69, 9.17) is 10.5 Å². The average Bonchev–Trinajstić information content (AvgIpc) is 2.59. The van der Waals surface area contributed by atoms with E-state index in [0.29, 0.717) is 24.0 Å². The fourth-order valence-corrected chi connectivity index (χ4v) is 2.53. The lowest BCUT2D eigenvalue weighted by atomic mass is 10.1. The van der Waals surface area contributed by atoms with Crippen LogP contribution < -0.4 is 5.73 Å². The van der Waals surface area contributed by atoms with Gasteiger partial charge in [-0.2, -0.15) is 5.10 Å². The van der Waals surface area contributed by atoms with E-state index in [0.717, 1.165) is 12.8 Å². The molecule has 1 aromatic heterocycles. The summed E-state index contributed by atoms with van der Waals surface area (Å²) in [7, 11) is 0. The molecule has 0 aliphatic heterocycles. The fraction of sp³-hybridized carbons (Fsp3) is 0.692. The number of nitrogen functional groups attached to an aromatic ring is 1.